The van der Waals surface area contributed by atoms with E-state index in [1.807, 2.05) is 6.92 Å². The van der Waals surface area contributed by atoms with Gasteiger partial charge in [0.1, 0.15) is 6.04 Å². The van der Waals surface area contributed by atoms with E-state index in [2.05, 4.69) is 19.9 Å². The van der Waals surface area contributed by atoms with Gasteiger partial charge in [-0.25, -0.2) is 0 Å². The molecule has 1 fully saturated rings. The Kier molecular flexibility index (Phi) is 4.14. The second-order valence-corrected chi connectivity index (χ2v) is 4.49. The number of carbonyl (C=O) groups is 1. The van der Waals surface area contributed by atoms with Crippen LogP contribution in [-0.2, 0) is 4.79 Å². The highest BCUT2D eigenvalue weighted by atomic mass is 16.2. The van der Waals surface area contributed by atoms with Crippen molar-refractivity contribution in [1.29, 1.82) is 5.26 Å². The van der Waals surface area contributed by atoms with Gasteiger partial charge in [0.2, 0.25) is 5.91 Å². The van der Waals surface area contributed by atoms with Gasteiger partial charge in [0, 0.05) is 12.5 Å². The first-order valence-electron chi connectivity index (χ1n) is 5.81. The van der Waals surface area contributed by atoms with Crippen LogP contribution in [0.3, 0.4) is 0 Å². The Labute approximate surface area is 92.1 Å². The van der Waals surface area contributed by atoms with Crippen molar-refractivity contribution in [2.45, 2.75) is 46.1 Å². The van der Waals surface area contributed by atoms with Crippen molar-refractivity contribution in [2.75, 3.05) is 6.54 Å². The molecule has 1 rings (SSSR count). The Morgan fingerprint density at radius 2 is 2.27 bits per heavy atom. The first-order valence-corrected chi connectivity index (χ1v) is 5.81. The van der Waals surface area contributed by atoms with Crippen molar-refractivity contribution in [3.63, 3.8) is 0 Å². The lowest BCUT2D eigenvalue weighted by molar-refractivity contribution is -0.136. The molecule has 1 aliphatic heterocycles. The molecule has 0 radical (unpaired) electrons. The molecule has 1 aliphatic rings. The summed E-state index contributed by atoms with van der Waals surface area (Å²) in [7, 11) is 0. The summed E-state index contributed by atoms with van der Waals surface area (Å²) in [6, 6.07) is 2.03. The normalized spacial score (nSPS) is 24.7. The molecule has 3 atom stereocenters. The van der Waals surface area contributed by atoms with Crippen molar-refractivity contribution in [3.8, 4) is 6.07 Å². The predicted molar refractivity (Wildman–Crippen MR) is 59.0 cm³/mol. The van der Waals surface area contributed by atoms with Crippen LogP contribution in [0.15, 0.2) is 0 Å². The molecule has 3 unspecified atom stereocenters. The van der Waals surface area contributed by atoms with Crippen LogP contribution in [0.4, 0.5) is 0 Å². The standard InChI is InChI=1S/C12H20N2O/c1-4-9(2)10(3)12(15)14-7-5-6-11(14)8-13/h9-11H,4-7H2,1-3H3. The lowest BCUT2D eigenvalue weighted by Crippen LogP contribution is -2.39. The van der Waals surface area contributed by atoms with Crippen molar-refractivity contribution in [2.24, 2.45) is 11.8 Å². The Balaban J connectivity index is 2.64. The Morgan fingerprint density at radius 3 is 2.80 bits per heavy atom. The summed E-state index contributed by atoms with van der Waals surface area (Å²) in [5.41, 5.74) is 0. The third kappa shape index (κ3) is 2.50. The van der Waals surface area contributed by atoms with E-state index in [9.17, 15) is 4.79 Å². The maximum Gasteiger partial charge on any atom is 0.226 e. The van der Waals surface area contributed by atoms with Crippen molar-refractivity contribution in [3.05, 3.63) is 0 Å². The molecule has 1 heterocycles. The minimum atomic E-state index is -0.177. The molecule has 0 aromatic rings. The topological polar surface area (TPSA) is 44.1 Å². The molecule has 3 heteroatoms. The highest BCUT2D eigenvalue weighted by Crippen LogP contribution is 2.23. The summed E-state index contributed by atoms with van der Waals surface area (Å²) in [4.78, 5) is 13.9. The monoisotopic (exact) mass is 208 g/mol. The fourth-order valence-corrected chi connectivity index (χ4v) is 2.02. The number of hydrogen-bond acceptors (Lipinski definition) is 2. The van der Waals surface area contributed by atoms with Crippen LogP contribution in [-0.4, -0.2) is 23.4 Å². The number of amides is 1. The van der Waals surface area contributed by atoms with Crippen LogP contribution < -0.4 is 0 Å². The molecule has 0 saturated carbocycles. The molecule has 0 aromatic carbocycles. The minimum absolute atomic E-state index is 0.0453. The zero-order valence-electron chi connectivity index (χ0n) is 9.86. The molecule has 0 bridgehead atoms. The highest BCUT2D eigenvalue weighted by Gasteiger charge is 2.32. The van der Waals surface area contributed by atoms with Gasteiger partial charge in [-0.05, 0) is 18.8 Å². The van der Waals surface area contributed by atoms with Gasteiger partial charge in [0.15, 0.2) is 0 Å². The number of nitrogens with zero attached hydrogens (tertiary/aromatic N) is 2. The van der Waals surface area contributed by atoms with E-state index in [1.165, 1.54) is 0 Å². The third-order valence-corrected chi connectivity index (χ3v) is 3.57. The number of carbonyl (C=O) groups excluding carboxylic acids is 1. The third-order valence-electron chi connectivity index (χ3n) is 3.57. The summed E-state index contributed by atoms with van der Waals surface area (Å²) < 4.78 is 0. The predicted octanol–water partition coefficient (Wildman–Crippen LogP) is 2.18. The van der Waals surface area contributed by atoms with Crippen LogP contribution in [0, 0.1) is 23.2 Å². The highest BCUT2D eigenvalue weighted by molar-refractivity contribution is 5.79. The van der Waals surface area contributed by atoms with Gasteiger partial charge < -0.3 is 4.90 Å². The maximum atomic E-state index is 12.1. The average Bonchev–Trinajstić information content (AvgIpc) is 2.73. The summed E-state index contributed by atoms with van der Waals surface area (Å²) >= 11 is 0. The van der Waals surface area contributed by atoms with E-state index < -0.39 is 0 Å². The van der Waals surface area contributed by atoms with E-state index in [4.69, 9.17) is 5.26 Å². The zero-order valence-corrected chi connectivity index (χ0v) is 9.86. The molecular formula is C12H20N2O. The Morgan fingerprint density at radius 1 is 1.60 bits per heavy atom. The second-order valence-electron chi connectivity index (χ2n) is 4.49. The molecule has 3 nitrogen and oxygen atoms in total. The molecule has 84 valence electrons. The number of hydrogen-bond donors (Lipinski definition) is 0. The molecule has 0 N–H and O–H groups in total. The summed E-state index contributed by atoms with van der Waals surface area (Å²) in [6.07, 6.45) is 2.82. The SMILES string of the molecule is CCC(C)C(C)C(=O)N1CCCC1C#N. The van der Waals surface area contributed by atoms with Crippen LogP contribution in [0.5, 0.6) is 0 Å². The van der Waals surface area contributed by atoms with Crippen LogP contribution in [0.25, 0.3) is 0 Å². The number of rotatable bonds is 3. The lowest BCUT2D eigenvalue weighted by Gasteiger charge is -2.26. The quantitative estimate of drug-likeness (QED) is 0.713. The van der Waals surface area contributed by atoms with Gasteiger partial charge in [-0.15, -0.1) is 0 Å². The smallest absolute Gasteiger partial charge is 0.226 e. The van der Waals surface area contributed by atoms with Crippen molar-refractivity contribution in [1.82, 2.24) is 4.90 Å². The van der Waals surface area contributed by atoms with Crippen molar-refractivity contribution < 1.29 is 4.79 Å². The maximum absolute atomic E-state index is 12.1. The van der Waals surface area contributed by atoms with E-state index in [1.54, 1.807) is 4.90 Å². The van der Waals surface area contributed by atoms with E-state index in [-0.39, 0.29) is 17.9 Å². The van der Waals surface area contributed by atoms with Gasteiger partial charge in [-0.2, -0.15) is 5.26 Å². The van der Waals surface area contributed by atoms with Gasteiger partial charge in [-0.1, -0.05) is 27.2 Å². The molecule has 0 spiro atoms. The first kappa shape index (κ1) is 12.0. The molecule has 1 saturated heterocycles. The van der Waals surface area contributed by atoms with E-state index in [0.717, 1.165) is 25.8 Å². The summed E-state index contributed by atoms with van der Waals surface area (Å²) in [6.45, 7) is 6.93. The summed E-state index contributed by atoms with van der Waals surface area (Å²) in [5.74, 6) is 0.606. The molecule has 15 heavy (non-hydrogen) atoms. The van der Waals surface area contributed by atoms with E-state index >= 15 is 0 Å². The fourth-order valence-electron chi connectivity index (χ4n) is 2.02. The Hall–Kier alpha value is -1.04. The van der Waals surface area contributed by atoms with Gasteiger partial charge in [-0.3, -0.25) is 4.79 Å². The second kappa shape index (κ2) is 5.16. The largest absolute Gasteiger partial charge is 0.326 e. The van der Waals surface area contributed by atoms with Crippen LogP contribution >= 0.6 is 0 Å². The number of likely N-dealkylation sites (tertiary alicyclic amines) is 1. The molecule has 0 aliphatic carbocycles. The van der Waals surface area contributed by atoms with Gasteiger partial charge >= 0.3 is 0 Å². The Bertz CT molecular complexity index is 269. The molecular weight excluding hydrogens is 188 g/mol. The van der Waals surface area contributed by atoms with E-state index in [0.29, 0.717) is 5.92 Å². The first-order chi connectivity index (χ1) is 7.11. The van der Waals surface area contributed by atoms with Gasteiger partial charge in [0.25, 0.3) is 0 Å². The van der Waals surface area contributed by atoms with Crippen LogP contribution in [0.1, 0.15) is 40.0 Å². The zero-order chi connectivity index (χ0) is 11.4. The fraction of sp³-hybridized carbons (Fsp3) is 0.833. The lowest BCUT2D eigenvalue weighted by atomic mass is 9.92. The molecule has 1 amide bonds. The van der Waals surface area contributed by atoms with Crippen LogP contribution in [0.2, 0.25) is 0 Å². The van der Waals surface area contributed by atoms with Crippen molar-refractivity contribution >= 4 is 5.91 Å². The average molecular weight is 208 g/mol. The summed E-state index contributed by atoms with van der Waals surface area (Å²) in [5, 5.41) is 8.92. The minimum Gasteiger partial charge on any atom is -0.326 e. The number of nitriles is 1. The molecule has 0 aromatic heterocycles. The van der Waals surface area contributed by atoms with Gasteiger partial charge in [0.05, 0.1) is 6.07 Å².